The van der Waals surface area contributed by atoms with Crippen LogP contribution in [0.3, 0.4) is 0 Å². The van der Waals surface area contributed by atoms with Crippen molar-refractivity contribution in [1.82, 2.24) is 0 Å². The van der Waals surface area contributed by atoms with Gasteiger partial charge in [-0.25, -0.2) is 0 Å². The van der Waals surface area contributed by atoms with Gasteiger partial charge in [0.05, 0.1) is 12.4 Å². The molecule has 0 aliphatic carbocycles. The van der Waals surface area contributed by atoms with E-state index in [1.54, 1.807) is 13.8 Å². The molecule has 0 aromatic rings. The van der Waals surface area contributed by atoms with Gasteiger partial charge in [0, 0.05) is 6.61 Å². The fourth-order valence-corrected chi connectivity index (χ4v) is 1.48. The third-order valence-electron chi connectivity index (χ3n) is 1.09. The molecule has 3 nitrogen and oxygen atoms in total. The van der Waals surface area contributed by atoms with E-state index in [4.69, 9.17) is 4.74 Å². The highest BCUT2D eigenvalue weighted by Crippen LogP contribution is 2.02. The van der Waals surface area contributed by atoms with Crippen LogP contribution >= 0.6 is 0 Å². The van der Waals surface area contributed by atoms with Crippen LogP contribution in [0.5, 0.6) is 0 Å². The first kappa shape index (κ1) is 10.8. The zero-order valence-electron chi connectivity index (χ0n) is 6.71. The molecule has 0 spiro atoms. The lowest BCUT2D eigenvalue weighted by Gasteiger charge is -2.07. The molecule has 0 bridgehead atoms. The second-order valence-corrected chi connectivity index (χ2v) is 3.88. The molecular weight excluding hydrogens is 171 g/mol. The first-order chi connectivity index (χ1) is 4.95. The van der Waals surface area contributed by atoms with Crippen LogP contribution in [0.25, 0.3) is 0 Å². The lowest BCUT2D eigenvalue weighted by Crippen LogP contribution is -2.14. The second kappa shape index (κ2) is 4.66. The van der Waals surface area contributed by atoms with Crippen LogP contribution in [0.1, 0.15) is 13.8 Å². The Kier molecular flexibility index (Phi) is 4.60. The van der Waals surface area contributed by atoms with Crippen LogP contribution in [0.15, 0.2) is 0 Å². The second-order valence-electron chi connectivity index (χ2n) is 2.47. The number of hydrogen-bond donors (Lipinski definition) is 0. The third kappa shape index (κ3) is 7.74. The summed E-state index contributed by atoms with van der Waals surface area (Å²) < 4.78 is 37.1. The molecule has 0 saturated carbocycles. The fourth-order valence-electron chi connectivity index (χ4n) is 0.707. The summed E-state index contributed by atoms with van der Waals surface area (Å²) in [5, 5.41) is 0. The molecule has 0 heterocycles. The van der Waals surface area contributed by atoms with Crippen LogP contribution in [-0.4, -0.2) is 27.4 Å². The van der Waals surface area contributed by atoms with Crippen molar-refractivity contribution in [3.05, 3.63) is 0 Å². The fraction of sp³-hybridized carbons (Fsp3) is 1.00. The summed E-state index contributed by atoms with van der Waals surface area (Å²) in [6.07, 6.45) is 0. The predicted molar refractivity (Wildman–Crippen MR) is 40.6 cm³/mol. The zero-order chi connectivity index (χ0) is 8.91. The minimum atomic E-state index is -4.33. The topological polar surface area (TPSA) is 43.4 Å². The largest absolute Gasteiger partial charge is 0.381 e. The SMILES string of the molecule is CCOCC(C)CS(=O)(=O)F. The maximum atomic E-state index is 12.0. The molecule has 0 amide bonds. The van der Waals surface area contributed by atoms with E-state index >= 15 is 0 Å². The Morgan fingerprint density at radius 3 is 2.45 bits per heavy atom. The molecule has 0 saturated heterocycles. The molecule has 5 heteroatoms. The maximum Gasteiger partial charge on any atom is 0.302 e. The van der Waals surface area contributed by atoms with Gasteiger partial charge in [0.2, 0.25) is 0 Å². The Hall–Kier alpha value is -0.160. The van der Waals surface area contributed by atoms with Crippen molar-refractivity contribution in [3.63, 3.8) is 0 Å². The van der Waals surface area contributed by atoms with Crippen molar-refractivity contribution in [1.29, 1.82) is 0 Å². The van der Waals surface area contributed by atoms with Crippen molar-refractivity contribution < 1.29 is 17.0 Å². The van der Waals surface area contributed by atoms with Crippen LogP contribution in [0, 0.1) is 5.92 Å². The molecule has 11 heavy (non-hydrogen) atoms. The molecule has 1 atom stereocenters. The molecule has 0 fully saturated rings. The summed E-state index contributed by atoms with van der Waals surface area (Å²) in [6, 6.07) is 0. The molecule has 0 aromatic heterocycles. The van der Waals surface area contributed by atoms with E-state index in [2.05, 4.69) is 0 Å². The minimum absolute atomic E-state index is 0.273. The first-order valence-electron chi connectivity index (χ1n) is 3.45. The van der Waals surface area contributed by atoms with E-state index in [1.807, 2.05) is 0 Å². The van der Waals surface area contributed by atoms with Gasteiger partial charge in [-0.1, -0.05) is 6.92 Å². The Balaban J connectivity index is 3.61. The number of hydrogen-bond acceptors (Lipinski definition) is 3. The molecule has 0 aromatic carbocycles. The Labute approximate surface area is 66.8 Å². The summed E-state index contributed by atoms with van der Waals surface area (Å²) in [4.78, 5) is 0. The molecule has 0 aliphatic rings. The number of ether oxygens (including phenoxy) is 1. The minimum Gasteiger partial charge on any atom is -0.381 e. The van der Waals surface area contributed by atoms with Crippen LogP contribution in [0.4, 0.5) is 3.89 Å². The van der Waals surface area contributed by atoms with E-state index in [0.717, 1.165) is 0 Å². The zero-order valence-corrected chi connectivity index (χ0v) is 7.53. The quantitative estimate of drug-likeness (QED) is 0.598. The third-order valence-corrected chi connectivity index (χ3v) is 2.06. The highest BCUT2D eigenvalue weighted by molar-refractivity contribution is 7.86. The summed E-state index contributed by atoms with van der Waals surface area (Å²) in [7, 11) is -4.33. The maximum absolute atomic E-state index is 12.0. The van der Waals surface area contributed by atoms with Crippen molar-refractivity contribution in [2.75, 3.05) is 19.0 Å². The highest BCUT2D eigenvalue weighted by atomic mass is 32.3. The van der Waals surface area contributed by atoms with Gasteiger partial charge in [-0.2, -0.15) is 8.42 Å². The molecule has 1 unspecified atom stereocenters. The van der Waals surface area contributed by atoms with Gasteiger partial charge in [-0.15, -0.1) is 3.89 Å². The van der Waals surface area contributed by atoms with E-state index < -0.39 is 16.0 Å². The molecular formula is C6H13FO3S. The van der Waals surface area contributed by atoms with Crippen molar-refractivity contribution in [2.45, 2.75) is 13.8 Å². The number of rotatable bonds is 5. The highest BCUT2D eigenvalue weighted by Gasteiger charge is 2.13. The summed E-state index contributed by atoms with van der Waals surface area (Å²) in [5.74, 6) is -0.725. The van der Waals surface area contributed by atoms with Gasteiger partial charge in [-0.3, -0.25) is 0 Å². The van der Waals surface area contributed by atoms with Crippen molar-refractivity contribution >= 4 is 10.2 Å². The molecule has 0 aliphatic heterocycles. The van der Waals surface area contributed by atoms with Crippen molar-refractivity contribution in [3.8, 4) is 0 Å². The first-order valence-corrected chi connectivity index (χ1v) is 5.01. The van der Waals surface area contributed by atoms with Crippen molar-refractivity contribution in [2.24, 2.45) is 5.92 Å². The molecule has 0 N–H and O–H groups in total. The van der Waals surface area contributed by atoms with Crippen LogP contribution < -0.4 is 0 Å². The standard InChI is InChI=1S/C6H13FO3S/c1-3-10-4-6(2)5-11(7,8)9/h6H,3-5H2,1-2H3. The number of halogens is 1. The van der Waals surface area contributed by atoms with Gasteiger partial charge in [-0.05, 0) is 12.8 Å². The molecule has 68 valence electrons. The molecule has 0 radical (unpaired) electrons. The van der Waals surface area contributed by atoms with Gasteiger partial charge in [0.15, 0.2) is 0 Å². The summed E-state index contributed by atoms with van der Waals surface area (Å²) in [6.45, 7) is 4.25. The average Bonchev–Trinajstić information content (AvgIpc) is 1.79. The van der Waals surface area contributed by atoms with Gasteiger partial charge in [0.25, 0.3) is 0 Å². The Morgan fingerprint density at radius 2 is 2.09 bits per heavy atom. The van der Waals surface area contributed by atoms with Gasteiger partial charge >= 0.3 is 10.2 Å². The Morgan fingerprint density at radius 1 is 1.55 bits per heavy atom. The average molecular weight is 184 g/mol. The summed E-state index contributed by atoms with van der Waals surface area (Å²) in [5.41, 5.74) is 0. The monoisotopic (exact) mass is 184 g/mol. The van der Waals surface area contributed by atoms with E-state index in [-0.39, 0.29) is 5.92 Å². The van der Waals surface area contributed by atoms with E-state index in [9.17, 15) is 12.3 Å². The Bertz CT molecular complexity index is 188. The predicted octanol–water partition coefficient (Wildman–Crippen LogP) is 0.958. The van der Waals surface area contributed by atoms with E-state index in [1.165, 1.54) is 0 Å². The lowest BCUT2D eigenvalue weighted by molar-refractivity contribution is 0.122. The lowest BCUT2D eigenvalue weighted by atomic mass is 10.2. The van der Waals surface area contributed by atoms with Crippen LogP contribution in [-0.2, 0) is 15.0 Å². The molecule has 0 rings (SSSR count). The normalized spacial score (nSPS) is 14.8. The van der Waals surface area contributed by atoms with E-state index in [0.29, 0.717) is 13.2 Å². The summed E-state index contributed by atoms with van der Waals surface area (Å²) >= 11 is 0. The smallest absolute Gasteiger partial charge is 0.302 e. The van der Waals surface area contributed by atoms with Gasteiger partial charge in [0.1, 0.15) is 0 Å². The van der Waals surface area contributed by atoms with Crippen LogP contribution in [0.2, 0.25) is 0 Å². The van der Waals surface area contributed by atoms with Gasteiger partial charge < -0.3 is 4.74 Å².